The number of ether oxygens (including phenoxy) is 1. The van der Waals surface area contributed by atoms with Gasteiger partial charge in [-0.15, -0.1) is 0 Å². The maximum Gasteiger partial charge on any atom is 0.171 e. The first-order valence-electron chi connectivity index (χ1n) is 5.31. The number of hydrogen-bond acceptors (Lipinski definition) is 2. The van der Waals surface area contributed by atoms with Gasteiger partial charge in [0.25, 0.3) is 0 Å². The Bertz CT molecular complexity index is 430. The summed E-state index contributed by atoms with van der Waals surface area (Å²) in [6.07, 6.45) is 2.75. The number of methoxy groups -OCH3 is 1. The summed E-state index contributed by atoms with van der Waals surface area (Å²) >= 11 is 3.33. The fourth-order valence-electron chi connectivity index (χ4n) is 2.11. The minimum Gasteiger partial charge on any atom is -0.492 e. The summed E-state index contributed by atoms with van der Waals surface area (Å²) in [5.41, 5.74) is 7.19. The third-order valence-electron chi connectivity index (χ3n) is 3.33. The van der Waals surface area contributed by atoms with E-state index in [0.29, 0.717) is 10.0 Å². The molecule has 0 unspecified atom stereocenters. The lowest BCUT2D eigenvalue weighted by Gasteiger charge is -2.39. The van der Waals surface area contributed by atoms with Gasteiger partial charge in [-0.05, 0) is 53.7 Å². The first-order valence-corrected chi connectivity index (χ1v) is 6.11. The van der Waals surface area contributed by atoms with Gasteiger partial charge in [-0.2, -0.15) is 0 Å². The predicted molar refractivity (Wildman–Crippen MR) is 65.1 cm³/mol. The summed E-state index contributed by atoms with van der Waals surface area (Å²) < 4.78 is 19.9. The number of rotatable bonds is 2. The molecule has 1 aliphatic carbocycles. The van der Waals surface area contributed by atoms with Gasteiger partial charge in [-0.1, -0.05) is 0 Å². The molecule has 1 saturated carbocycles. The van der Waals surface area contributed by atoms with Crippen molar-refractivity contribution in [2.24, 2.45) is 5.73 Å². The molecule has 0 radical (unpaired) electrons. The van der Waals surface area contributed by atoms with Crippen LogP contribution in [0.15, 0.2) is 10.5 Å². The lowest BCUT2D eigenvalue weighted by molar-refractivity contribution is 0.241. The highest BCUT2D eigenvalue weighted by Crippen LogP contribution is 2.44. The van der Waals surface area contributed by atoms with Gasteiger partial charge in [0.1, 0.15) is 0 Å². The molecule has 4 heteroatoms. The molecule has 0 spiro atoms. The van der Waals surface area contributed by atoms with Crippen LogP contribution in [0.1, 0.15) is 30.4 Å². The van der Waals surface area contributed by atoms with Crippen LogP contribution in [0.4, 0.5) is 4.39 Å². The molecule has 1 aliphatic rings. The zero-order valence-corrected chi connectivity index (χ0v) is 11.0. The van der Waals surface area contributed by atoms with Crippen LogP contribution in [0.2, 0.25) is 0 Å². The summed E-state index contributed by atoms with van der Waals surface area (Å²) in [6, 6.07) is 1.82. The normalized spacial score (nSPS) is 18.1. The lowest BCUT2D eigenvalue weighted by atomic mass is 9.72. The Morgan fingerprint density at radius 3 is 2.56 bits per heavy atom. The molecule has 1 aromatic carbocycles. The van der Waals surface area contributed by atoms with Crippen LogP contribution in [0.25, 0.3) is 0 Å². The molecule has 2 N–H and O–H groups in total. The van der Waals surface area contributed by atoms with Crippen LogP contribution in [-0.4, -0.2) is 7.11 Å². The molecule has 16 heavy (non-hydrogen) atoms. The Balaban J connectivity index is 2.58. The largest absolute Gasteiger partial charge is 0.492 e. The first-order chi connectivity index (χ1) is 7.49. The average molecular weight is 288 g/mol. The van der Waals surface area contributed by atoms with E-state index in [1.807, 2.05) is 13.0 Å². The van der Waals surface area contributed by atoms with Crippen molar-refractivity contribution in [3.8, 4) is 5.75 Å². The van der Waals surface area contributed by atoms with Crippen molar-refractivity contribution in [2.75, 3.05) is 7.11 Å². The topological polar surface area (TPSA) is 35.2 Å². The summed E-state index contributed by atoms with van der Waals surface area (Å²) in [5, 5.41) is 0. The van der Waals surface area contributed by atoms with Crippen molar-refractivity contribution in [2.45, 2.75) is 31.7 Å². The monoisotopic (exact) mass is 287 g/mol. The zero-order chi connectivity index (χ0) is 11.9. The third-order valence-corrected chi connectivity index (χ3v) is 4.31. The van der Waals surface area contributed by atoms with Crippen molar-refractivity contribution >= 4 is 15.9 Å². The minimum absolute atomic E-state index is 0.256. The van der Waals surface area contributed by atoms with Crippen LogP contribution in [-0.2, 0) is 5.54 Å². The fraction of sp³-hybridized carbons (Fsp3) is 0.500. The van der Waals surface area contributed by atoms with Gasteiger partial charge in [-0.25, -0.2) is 4.39 Å². The van der Waals surface area contributed by atoms with E-state index >= 15 is 0 Å². The van der Waals surface area contributed by atoms with Gasteiger partial charge in [-0.3, -0.25) is 0 Å². The molecular weight excluding hydrogens is 273 g/mol. The Morgan fingerprint density at radius 1 is 1.50 bits per heavy atom. The van der Waals surface area contributed by atoms with Crippen LogP contribution < -0.4 is 10.5 Å². The quantitative estimate of drug-likeness (QED) is 0.906. The average Bonchev–Trinajstić information content (AvgIpc) is 2.21. The highest BCUT2D eigenvalue weighted by Gasteiger charge is 2.38. The number of nitrogens with two attached hydrogens (primary N) is 1. The molecular formula is C12H15BrFNO. The van der Waals surface area contributed by atoms with E-state index in [2.05, 4.69) is 15.9 Å². The SMILES string of the molecule is COc1c(F)c(C2(N)CCC2)cc(C)c1Br. The molecule has 2 nitrogen and oxygen atoms in total. The second kappa shape index (κ2) is 4.00. The molecule has 0 saturated heterocycles. The number of hydrogen-bond donors (Lipinski definition) is 1. The molecule has 0 aromatic heterocycles. The third kappa shape index (κ3) is 1.64. The lowest BCUT2D eigenvalue weighted by Crippen LogP contribution is -2.44. The van der Waals surface area contributed by atoms with Gasteiger partial charge in [0, 0.05) is 11.1 Å². The van der Waals surface area contributed by atoms with Crippen LogP contribution in [0.5, 0.6) is 5.75 Å². The molecule has 1 fully saturated rings. The first kappa shape index (κ1) is 11.9. The molecule has 0 amide bonds. The Hall–Kier alpha value is -0.610. The van der Waals surface area contributed by atoms with Crippen molar-refractivity contribution in [1.82, 2.24) is 0 Å². The van der Waals surface area contributed by atoms with E-state index in [9.17, 15) is 4.39 Å². The number of benzene rings is 1. The summed E-state index contributed by atoms with van der Waals surface area (Å²) in [5.74, 6) is -0.0751. The van der Waals surface area contributed by atoms with Gasteiger partial charge >= 0.3 is 0 Å². The van der Waals surface area contributed by atoms with Crippen molar-refractivity contribution in [3.05, 3.63) is 27.5 Å². The van der Waals surface area contributed by atoms with Gasteiger partial charge in [0.15, 0.2) is 11.6 Å². The molecule has 88 valence electrons. The summed E-state index contributed by atoms with van der Waals surface area (Å²) in [6.45, 7) is 1.91. The molecule has 2 rings (SSSR count). The van der Waals surface area contributed by atoms with Crippen molar-refractivity contribution in [1.29, 1.82) is 0 Å². The van der Waals surface area contributed by atoms with E-state index in [0.717, 1.165) is 24.8 Å². The van der Waals surface area contributed by atoms with Gasteiger partial charge in [0.2, 0.25) is 0 Å². The van der Waals surface area contributed by atoms with Crippen molar-refractivity contribution < 1.29 is 9.13 Å². The van der Waals surface area contributed by atoms with E-state index in [1.165, 1.54) is 7.11 Å². The van der Waals surface area contributed by atoms with E-state index in [-0.39, 0.29) is 11.6 Å². The maximum atomic E-state index is 14.2. The fourth-order valence-corrected chi connectivity index (χ4v) is 2.56. The number of aryl methyl sites for hydroxylation is 1. The van der Waals surface area contributed by atoms with Gasteiger partial charge in [0.05, 0.1) is 11.6 Å². The second-order valence-corrected chi connectivity index (χ2v) is 5.20. The van der Waals surface area contributed by atoms with E-state index < -0.39 is 5.54 Å². The zero-order valence-electron chi connectivity index (χ0n) is 9.44. The highest BCUT2D eigenvalue weighted by molar-refractivity contribution is 9.10. The molecule has 0 aliphatic heterocycles. The Kier molecular flexibility index (Phi) is 2.97. The molecule has 0 atom stereocenters. The summed E-state index contributed by atoms with van der Waals surface area (Å²) in [4.78, 5) is 0. The standard InChI is InChI=1S/C12H15BrFNO/c1-7-6-8(12(15)4-3-5-12)10(14)11(16-2)9(7)13/h6H,3-5,15H2,1-2H3. The maximum absolute atomic E-state index is 14.2. The molecule has 1 aromatic rings. The Labute approximate surface area is 103 Å². The van der Waals surface area contributed by atoms with E-state index in [1.54, 1.807) is 0 Å². The predicted octanol–water partition coefficient (Wildman–Crippen LogP) is 3.24. The van der Waals surface area contributed by atoms with Crippen LogP contribution >= 0.6 is 15.9 Å². The highest BCUT2D eigenvalue weighted by atomic mass is 79.9. The van der Waals surface area contributed by atoms with E-state index in [4.69, 9.17) is 10.5 Å². The smallest absolute Gasteiger partial charge is 0.171 e. The molecule has 0 bridgehead atoms. The summed E-state index contributed by atoms with van der Waals surface area (Å²) in [7, 11) is 1.47. The van der Waals surface area contributed by atoms with Gasteiger partial charge < -0.3 is 10.5 Å². The van der Waals surface area contributed by atoms with Crippen molar-refractivity contribution in [3.63, 3.8) is 0 Å². The minimum atomic E-state index is -0.497. The Morgan fingerprint density at radius 2 is 2.12 bits per heavy atom. The van der Waals surface area contributed by atoms with Crippen LogP contribution in [0, 0.1) is 12.7 Å². The number of halogens is 2. The second-order valence-electron chi connectivity index (χ2n) is 4.41. The molecule has 0 heterocycles. The van der Waals surface area contributed by atoms with Crippen LogP contribution in [0.3, 0.4) is 0 Å².